The first-order chi connectivity index (χ1) is 38.2. The van der Waals surface area contributed by atoms with E-state index in [4.69, 9.17) is 9.72 Å². The molecule has 10 aromatic rings. The molecule has 2 aromatic heterocycles. The van der Waals surface area contributed by atoms with E-state index >= 15 is 0 Å². The Balaban J connectivity index is 1.07. The van der Waals surface area contributed by atoms with Crippen LogP contribution in [0.4, 0.5) is 22.7 Å². The first kappa shape index (κ1) is 55.0. The Morgan fingerprint density at radius 1 is 0.358 bits per heavy atom. The Morgan fingerprint density at radius 3 is 1.47 bits per heavy atom. The molecule has 0 radical (unpaired) electrons. The Hall–Kier alpha value is -7.89. The predicted octanol–water partition coefficient (Wildman–Crippen LogP) is 20.7. The summed E-state index contributed by atoms with van der Waals surface area (Å²) >= 11 is 0. The highest BCUT2D eigenvalue weighted by atomic mass is 16.5. The Morgan fingerprint density at radius 2 is 0.901 bits per heavy atom. The summed E-state index contributed by atoms with van der Waals surface area (Å²) in [6.45, 7) is 37.8. The molecule has 1 aliphatic heterocycles. The highest BCUT2D eigenvalue weighted by molar-refractivity contribution is 6.10. The summed E-state index contributed by atoms with van der Waals surface area (Å²) < 4.78 is 9.58. The van der Waals surface area contributed by atoms with Gasteiger partial charge in [0.25, 0.3) is 0 Å². The number of aromatic nitrogens is 2. The standard InChI is InChI=1S/C76H82N4O/c1-71(2,3)54-36-37-77-70(44-54)80-66-35-32-55(75(13,14)52-28-22-18-23-29-52)43-63(66)62-34-33-60(46-67(62)80)81-61-42-56(72(4,5)6)40-59(45-61)79-49-78(68-47-64(73(7,8)9)65(48-69(68)79)74(10,11)12)58-39-51(50-26-20-17-21-27-50)38-57(41-58)76(15,16)53-30-24-19-25-31-53/h17-48H,49H2,1-16H3. The Labute approximate surface area is 483 Å². The zero-order valence-electron chi connectivity index (χ0n) is 50.9. The molecule has 81 heavy (non-hydrogen) atoms. The van der Waals surface area contributed by atoms with Crippen molar-refractivity contribution in [3.8, 4) is 28.4 Å². The van der Waals surface area contributed by atoms with Crippen LogP contribution < -0.4 is 14.5 Å². The molecule has 5 nitrogen and oxygen atoms in total. The van der Waals surface area contributed by atoms with E-state index in [-0.39, 0.29) is 32.5 Å². The Kier molecular flexibility index (Phi) is 13.6. The van der Waals surface area contributed by atoms with Crippen LogP contribution in [0.3, 0.4) is 0 Å². The number of fused-ring (bicyclic) bond motifs is 4. The molecule has 0 N–H and O–H groups in total. The molecule has 5 heteroatoms. The second kappa shape index (κ2) is 20.0. The summed E-state index contributed by atoms with van der Waals surface area (Å²) in [5.41, 5.74) is 18.5. The molecule has 0 bridgehead atoms. The van der Waals surface area contributed by atoms with Crippen molar-refractivity contribution in [1.82, 2.24) is 9.55 Å². The van der Waals surface area contributed by atoms with Gasteiger partial charge in [-0.2, -0.15) is 0 Å². The van der Waals surface area contributed by atoms with Gasteiger partial charge in [-0.15, -0.1) is 0 Å². The van der Waals surface area contributed by atoms with E-state index < -0.39 is 0 Å². The second-order valence-electron chi connectivity index (χ2n) is 28.0. The van der Waals surface area contributed by atoms with Gasteiger partial charge in [0, 0.05) is 51.3 Å². The number of rotatable bonds is 10. The van der Waals surface area contributed by atoms with Crippen molar-refractivity contribution in [3.63, 3.8) is 0 Å². The van der Waals surface area contributed by atoms with Crippen molar-refractivity contribution in [2.24, 2.45) is 0 Å². The van der Waals surface area contributed by atoms with Crippen molar-refractivity contribution < 1.29 is 4.74 Å². The van der Waals surface area contributed by atoms with E-state index in [9.17, 15) is 0 Å². The van der Waals surface area contributed by atoms with E-state index in [2.05, 4.69) is 313 Å². The third-order valence-corrected chi connectivity index (χ3v) is 17.2. The summed E-state index contributed by atoms with van der Waals surface area (Å²) in [5.74, 6) is 2.44. The molecule has 3 heterocycles. The molecule has 0 atom stereocenters. The number of nitrogens with zero attached hydrogens (tertiary/aromatic N) is 4. The zero-order valence-corrected chi connectivity index (χ0v) is 50.9. The third kappa shape index (κ3) is 10.5. The highest BCUT2D eigenvalue weighted by Crippen LogP contribution is 2.52. The lowest BCUT2D eigenvalue weighted by molar-refractivity contribution is 0.479. The fraction of sp³-hybridized carbons (Fsp3) is 0.303. The van der Waals surface area contributed by atoms with Gasteiger partial charge in [-0.05, 0) is 150 Å². The summed E-state index contributed by atoms with van der Waals surface area (Å²) in [5, 5.41) is 2.34. The van der Waals surface area contributed by atoms with Crippen molar-refractivity contribution >= 4 is 44.6 Å². The van der Waals surface area contributed by atoms with Gasteiger partial charge in [0.2, 0.25) is 0 Å². The van der Waals surface area contributed by atoms with Crippen LogP contribution in [0, 0.1) is 0 Å². The first-order valence-electron chi connectivity index (χ1n) is 29.1. The molecule has 11 rings (SSSR count). The van der Waals surface area contributed by atoms with Crippen molar-refractivity contribution in [2.45, 2.75) is 143 Å². The smallest absolute Gasteiger partial charge is 0.137 e. The lowest BCUT2D eigenvalue weighted by Gasteiger charge is -2.32. The van der Waals surface area contributed by atoms with Gasteiger partial charge >= 0.3 is 0 Å². The van der Waals surface area contributed by atoms with Crippen LogP contribution in [0.5, 0.6) is 11.5 Å². The van der Waals surface area contributed by atoms with Gasteiger partial charge in [0.15, 0.2) is 0 Å². The molecule has 0 fully saturated rings. The largest absolute Gasteiger partial charge is 0.457 e. The van der Waals surface area contributed by atoms with Gasteiger partial charge in [-0.3, -0.25) is 4.57 Å². The molecule has 1 aliphatic rings. The molecule has 0 spiro atoms. The normalized spacial score (nSPS) is 13.6. The third-order valence-electron chi connectivity index (χ3n) is 17.2. The summed E-state index contributed by atoms with van der Waals surface area (Å²) in [4.78, 5) is 10.2. The number of hydrogen-bond acceptors (Lipinski definition) is 4. The highest BCUT2D eigenvalue weighted by Gasteiger charge is 2.36. The van der Waals surface area contributed by atoms with Crippen LogP contribution >= 0.6 is 0 Å². The monoisotopic (exact) mass is 1070 g/mol. The second-order valence-corrected chi connectivity index (χ2v) is 28.0. The maximum atomic E-state index is 7.25. The predicted molar refractivity (Wildman–Crippen MR) is 344 cm³/mol. The van der Waals surface area contributed by atoms with Gasteiger partial charge in [0.1, 0.15) is 24.0 Å². The fourth-order valence-electron chi connectivity index (χ4n) is 12.0. The van der Waals surface area contributed by atoms with Crippen LogP contribution in [0.25, 0.3) is 38.8 Å². The molecule has 0 unspecified atom stereocenters. The van der Waals surface area contributed by atoms with Crippen molar-refractivity contribution in [2.75, 3.05) is 16.5 Å². The van der Waals surface area contributed by atoms with Crippen LogP contribution in [0.1, 0.15) is 155 Å². The maximum Gasteiger partial charge on any atom is 0.137 e. The SMILES string of the molecule is CC(C)(C)c1cc(Oc2ccc3c4cc(C(C)(C)c5ccccc5)ccc4n(-c4cc(C(C)(C)C)ccn4)c3c2)cc(N2CN(c3cc(-c4ccccc4)cc(C(C)(C)c4ccccc4)c3)c3cc(C(C)(C)C)c(C(C)(C)C)cc32)c1. The summed E-state index contributed by atoms with van der Waals surface area (Å²) in [6, 6.07) is 69.8. The molecular formula is C76H82N4O. The van der Waals surface area contributed by atoms with E-state index in [0.29, 0.717) is 6.67 Å². The van der Waals surface area contributed by atoms with Gasteiger partial charge in [-0.1, -0.05) is 214 Å². The van der Waals surface area contributed by atoms with E-state index in [1.165, 1.54) is 72.4 Å². The topological polar surface area (TPSA) is 33.5 Å². The van der Waals surface area contributed by atoms with E-state index in [1.807, 2.05) is 6.20 Å². The van der Waals surface area contributed by atoms with E-state index in [0.717, 1.165) is 45.1 Å². The van der Waals surface area contributed by atoms with Gasteiger partial charge in [0.05, 0.1) is 22.4 Å². The summed E-state index contributed by atoms with van der Waals surface area (Å²) in [7, 11) is 0. The first-order valence-corrected chi connectivity index (χ1v) is 29.1. The average Bonchev–Trinajstić information content (AvgIpc) is 2.93. The van der Waals surface area contributed by atoms with Crippen molar-refractivity contribution in [3.05, 3.63) is 239 Å². The molecular weight excluding hydrogens is 985 g/mol. The quantitative estimate of drug-likeness (QED) is 0.137. The molecule has 0 saturated carbocycles. The van der Waals surface area contributed by atoms with E-state index in [1.54, 1.807) is 0 Å². The fourth-order valence-corrected chi connectivity index (χ4v) is 12.0. The van der Waals surface area contributed by atoms with Crippen LogP contribution in [-0.4, -0.2) is 16.2 Å². The molecule has 8 aromatic carbocycles. The number of pyridine rings is 1. The lowest BCUT2D eigenvalue weighted by Crippen LogP contribution is -2.25. The molecule has 412 valence electrons. The Bertz CT molecular complexity index is 3970. The lowest BCUT2D eigenvalue weighted by atomic mass is 9.74. The van der Waals surface area contributed by atoms with Gasteiger partial charge in [-0.25, -0.2) is 4.98 Å². The minimum atomic E-state index is -0.268. The molecule has 0 amide bonds. The number of hydrogen-bond donors (Lipinski definition) is 0. The van der Waals surface area contributed by atoms with Gasteiger partial charge < -0.3 is 14.5 Å². The van der Waals surface area contributed by atoms with Crippen LogP contribution in [0.15, 0.2) is 194 Å². The summed E-state index contributed by atoms with van der Waals surface area (Å²) in [6.07, 6.45) is 1.96. The van der Waals surface area contributed by atoms with Crippen LogP contribution in [0.2, 0.25) is 0 Å². The molecule has 0 saturated heterocycles. The minimum Gasteiger partial charge on any atom is -0.457 e. The maximum absolute atomic E-state index is 7.25. The minimum absolute atomic E-state index is 0.0577. The molecule has 0 aliphatic carbocycles. The number of anilines is 4. The van der Waals surface area contributed by atoms with Crippen LogP contribution in [-0.2, 0) is 32.5 Å². The van der Waals surface area contributed by atoms with Crippen molar-refractivity contribution in [1.29, 1.82) is 0 Å². The zero-order chi connectivity index (χ0) is 57.6. The average molecular weight is 1070 g/mol. The number of ether oxygens (including phenoxy) is 1. The number of benzene rings is 8.